The molecule has 1 rings (SSSR count). The average Bonchev–Trinajstić information content (AvgIpc) is 2.37. The SMILES string of the molecule is CC(C)N(CCC#N)c1cc(C(F)(F)F)nc(NN)n1. The van der Waals surface area contributed by atoms with Crippen LogP contribution in [0.5, 0.6) is 0 Å². The molecule has 0 saturated carbocycles. The maximum atomic E-state index is 12.8. The summed E-state index contributed by atoms with van der Waals surface area (Å²) in [4.78, 5) is 8.77. The van der Waals surface area contributed by atoms with Gasteiger partial charge in [0.2, 0.25) is 5.95 Å². The molecule has 110 valence electrons. The number of nitrogen functional groups attached to an aromatic ring is 1. The number of nitriles is 1. The van der Waals surface area contributed by atoms with Gasteiger partial charge in [-0.05, 0) is 13.8 Å². The van der Waals surface area contributed by atoms with Crippen molar-refractivity contribution in [2.75, 3.05) is 16.9 Å². The molecule has 0 aliphatic rings. The maximum absolute atomic E-state index is 12.8. The predicted octanol–water partition coefficient (Wildman–Crippen LogP) is 1.91. The topological polar surface area (TPSA) is 90.9 Å². The summed E-state index contributed by atoms with van der Waals surface area (Å²) < 4.78 is 38.3. The van der Waals surface area contributed by atoms with Crippen LogP contribution >= 0.6 is 0 Å². The first kappa shape index (κ1) is 16.0. The zero-order valence-electron chi connectivity index (χ0n) is 11.1. The van der Waals surface area contributed by atoms with Gasteiger partial charge >= 0.3 is 6.18 Å². The first-order valence-corrected chi connectivity index (χ1v) is 5.86. The number of aromatic nitrogens is 2. The van der Waals surface area contributed by atoms with Gasteiger partial charge in [-0.3, -0.25) is 5.43 Å². The van der Waals surface area contributed by atoms with Crippen molar-refractivity contribution in [1.29, 1.82) is 5.26 Å². The molecule has 0 spiro atoms. The number of alkyl halides is 3. The highest BCUT2D eigenvalue weighted by atomic mass is 19.4. The second kappa shape index (κ2) is 6.38. The number of anilines is 2. The highest BCUT2D eigenvalue weighted by Crippen LogP contribution is 2.30. The quantitative estimate of drug-likeness (QED) is 0.635. The lowest BCUT2D eigenvalue weighted by Gasteiger charge is -2.27. The van der Waals surface area contributed by atoms with Gasteiger partial charge in [0.25, 0.3) is 0 Å². The molecule has 3 N–H and O–H groups in total. The molecule has 0 aromatic carbocycles. The van der Waals surface area contributed by atoms with E-state index in [2.05, 4.69) is 9.97 Å². The van der Waals surface area contributed by atoms with Gasteiger partial charge in [0, 0.05) is 18.7 Å². The number of nitrogens with two attached hydrogens (primary N) is 1. The number of hydrazine groups is 1. The van der Waals surface area contributed by atoms with E-state index in [1.807, 2.05) is 11.5 Å². The summed E-state index contributed by atoms with van der Waals surface area (Å²) >= 11 is 0. The fraction of sp³-hybridized carbons (Fsp3) is 0.545. The molecule has 0 aliphatic carbocycles. The van der Waals surface area contributed by atoms with E-state index in [1.165, 1.54) is 0 Å². The molecule has 6 nitrogen and oxygen atoms in total. The van der Waals surface area contributed by atoms with Gasteiger partial charge in [0.05, 0.1) is 12.5 Å². The van der Waals surface area contributed by atoms with E-state index in [4.69, 9.17) is 11.1 Å². The van der Waals surface area contributed by atoms with Crippen molar-refractivity contribution >= 4 is 11.8 Å². The van der Waals surface area contributed by atoms with Crippen molar-refractivity contribution in [3.8, 4) is 6.07 Å². The van der Waals surface area contributed by atoms with Crippen molar-refractivity contribution in [3.05, 3.63) is 11.8 Å². The Morgan fingerprint density at radius 1 is 1.45 bits per heavy atom. The maximum Gasteiger partial charge on any atom is 0.433 e. The molecule has 0 aliphatic heterocycles. The summed E-state index contributed by atoms with van der Waals surface area (Å²) in [7, 11) is 0. The Morgan fingerprint density at radius 3 is 2.55 bits per heavy atom. The minimum Gasteiger partial charge on any atom is -0.353 e. The molecule has 0 amide bonds. The molecular formula is C11H15F3N6. The third kappa shape index (κ3) is 3.96. The van der Waals surface area contributed by atoms with E-state index in [1.54, 1.807) is 18.7 Å². The van der Waals surface area contributed by atoms with E-state index in [-0.39, 0.29) is 30.8 Å². The van der Waals surface area contributed by atoms with Gasteiger partial charge in [-0.1, -0.05) is 0 Å². The summed E-state index contributed by atoms with van der Waals surface area (Å²) in [5.74, 6) is 4.85. The smallest absolute Gasteiger partial charge is 0.353 e. The molecule has 9 heteroatoms. The number of hydrogen-bond donors (Lipinski definition) is 2. The molecule has 1 aromatic heterocycles. The Labute approximate surface area is 114 Å². The summed E-state index contributed by atoms with van der Waals surface area (Å²) in [5, 5.41) is 8.61. The number of nitrogens with zero attached hydrogens (tertiary/aromatic N) is 4. The molecule has 0 saturated heterocycles. The van der Waals surface area contributed by atoms with Crippen LogP contribution < -0.4 is 16.2 Å². The highest BCUT2D eigenvalue weighted by Gasteiger charge is 2.34. The fourth-order valence-corrected chi connectivity index (χ4v) is 1.60. The Kier molecular flexibility index (Phi) is 5.10. The van der Waals surface area contributed by atoms with Crippen LogP contribution in [-0.4, -0.2) is 22.6 Å². The first-order chi connectivity index (χ1) is 9.29. The van der Waals surface area contributed by atoms with Crippen LogP contribution in [-0.2, 0) is 6.18 Å². The van der Waals surface area contributed by atoms with Crippen molar-refractivity contribution in [3.63, 3.8) is 0 Å². The van der Waals surface area contributed by atoms with Gasteiger partial charge < -0.3 is 4.90 Å². The zero-order chi connectivity index (χ0) is 15.3. The van der Waals surface area contributed by atoms with Crippen LogP contribution in [0.25, 0.3) is 0 Å². The summed E-state index contributed by atoms with van der Waals surface area (Å²) in [5.41, 5.74) is 0.931. The molecule has 0 unspecified atom stereocenters. The lowest BCUT2D eigenvalue weighted by molar-refractivity contribution is -0.141. The molecule has 0 radical (unpaired) electrons. The molecule has 0 bridgehead atoms. The van der Waals surface area contributed by atoms with Gasteiger partial charge in [-0.25, -0.2) is 10.8 Å². The van der Waals surface area contributed by atoms with Crippen LogP contribution in [0.4, 0.5) is 24.9 Å². The molecule has 0 atom stereocenters. The van der Waals surface area contributed by atoms with E-state index in [0.29, 0.717) is 0 Å². The van der Waals surface area contributed by atoms with E-state index in [0.717, 1.165) is 6.07 Å². The summed E-state index contributed by atoms with van der Waals surface area (Å²) in [6.07, 6.45) is -4.42. The summed E-state index contributed by atoms with van der Waals surface area (Å²) in [6.45, 7) is 3.86. The third-order valence-corrected chi connectivity index (χ3v) is 2.51. The predicted molar refractivity (Wildman–Crippen MR) is 67.6 cm³/mol. The minimum absolute atomic E-state index is 0.0746. The van der Waals surface area contributed by atoms with Crippen molar-refractivity contribution in [1.82, 2.24) is 9.97 Å². The van der Waals surface area contributed by atoms with E-state index >= 15 is 0 Å². The normalized spacial score (nSPS) is 11.3. The van der Waals surface area contributed by atoms with Gasteiger partial charge in [0.1, 0.15) is 5.82 Å². The molecule has 1 heterocycles. The van der Waals surface area contributed by atoms with Crippen LogP contribution in [0.2, 0.25) is 0 Å². The first-order valence-electron chi connectivity index (χ1n) is 5.86. The number of hydrogen-bond acceptors (Lipinski definition) is 6. The molecule has 20 heavy (non-hydrogen) atoms. The van der Waals surface area contributed by atoms with Gasteiger partial charge in [0.15, 0.2) is 5.69 Å². The minimum atomic E-state index is -4.60. The van der Waals surface area contributed by atoms with Crippen molar-refractivity contribution in [2.24, 2.45) is 5.84 Å². The van der Waals surface area contributed by atoms with E-state index < -0.39 is 11.9 Å². The van der Waals surface area contributed by atoms with Crippen molar-refractivity contribution < 1.29 is 13.2 Å². The van der Waals surface area contributed by atoms with Crippen LogP contribution in [0.1, 0.15) is 26.0 Å². The Bertz CT molecular complexity index is 494. The van der Waals surface area contributed by atoms with Crippen LogP contribution in [0.3, 0.4) is 0 Å². The van der Waals surface area contributed by atoms with Crippen molar-refractivity contribution in [2.45, 2.75) is 32.5 Å². The lowest BCUT2D eigenvalue weighted by atomic mass is 10.2. The molecule has 1 aromatic rings. The zero-order valence-corrected chi connectivity index (χ0v) is 11.1. The number of rotatable bonds is 5. The van der Waals surface area contributed by atoms with Crippen LogP contribution in [0.15, 0.2) is 6.07 Å². The number of halogens is 3. The van der Waals surface area contributed by atoms with E-state index in [9.17, 15) is 13.2 Å². The Morgan fingerprint density at radius 2 is 2.10 bits per heavy atom. The van der Waals surface area contributed by atoms with Crippen LogP contribution in [0, 0.1) is 11.3 Å². The monoisotopic (exact) mass is 288 g/mol. The Hall–Kier alpha value is -2.08. The second-order valence-electron chi connectivity index (χ2n) is 4.27. The number of nitrogens with one attached hydrogen (secondary N) is 1. The molecular weight excluding hydrogens is 273 g/mol. The Balaban J connectivity index is 3.24. The fourth-order valence-electron chi connectivity index (χ4n) is 1.60. The largest absolute Gasteiger partial charge is 0.433 e. The standard InChI is InChI=1S/C11H15F3N6/c1-7(2)20(5-3-4-15)9-6-8(11(12,13)14)17-10(18-9)19-16/h6-7H,3,5,16H2,1-2H3,(H,17,18,19). The van der Waals surface area contributed by atoms with Gasteiger partial charge in [-0.15, -0.1) is 0 Å². The second-order valence-corrected chi connectivity index (χ2v) is 4.27. The third-order valence-electron chi connectivity index (χ3n) is 2.51. The molecule has 0 fully saturated rings. The average molecular weight is 288 g/mol. The summed E-state index contributed by atoms with van der Waals surface area (Å²) in [6, 6.07) is 2.67. The van der Waals surface area contributed by atoms with Gasteiger partial charge in [-0.2, -0.15) is 23.4 Å². The highest BCUT2D eigenvalue weighted by molar-refractivity contribution is 5.46. The lowest BCUT2D eigenvalue weighted by Crippen LogP contribution is -2.33.